The molecule has 96 valence electrons. The Morgan fingerprint density at radius 1 is 1.33 bits per heavy atom. The van der Waals surface area contributed by atoms with Crippen molar-refractivity contribution in [2.45, 2.75) is 25.9 Å². The highest BCUT2D eigenvalue weighted by atomic mass is 19.1. The number of halogens is 1. The average molecular weight is 247 g/mol. The third-order valence-electron chi connectivity index (χ3n) is 2.93. The highest BCUT2D eigenvalue weighted by Crippen LogP contribution is 2.32. The molecule has 1 fully saturated rings. The Bertz CT molecular complexity index is 457. The summed E-state index contributed by atoms with van der Waals surface area (Å²) in [6.07, 6.45) is 3.79. The molecule has 18 heavy (non-hydrogen) atoms. The van der Waals surface area contributed by atoms with E-state index in [0.717, 1.165) is 24.5 Å². The van der Waals surface area contributed by atoms with Gasteiger partial charge in [-0.1, -0.05) is 24.7 Å². The van der Waals surface area contributed by atoms with E-state index in [1.807, 2.05) is 6.07 Å². The summed E-state index contributed by atoms with van der Waals surface area (Å²) in [5.41, 5.74) is 6.77. The standard InChI is InChI=1S/C15H18FNO/c16-15-9-13(2-1-6-17)8-14(10-15)11-18-7-5-12-3-4-12/h8-10,12H,3-7,11,17H2. The van der Waals surface area contributed by atoms with E-state index in [4.69, 9.17) is 10.5 Å². The molecule has 2 N–H and O–H groups in total. The molecule has 0 amide bonds. The zero-order valence-corrected chi connectivity index (χ0v) is 10.4. The van der Waals surface area contributed by atoms with Gasteiger partial charge in [0.1, 0.15) is 5.82 Å². The van der Waals surface area contributed by atoms with Crippen molar-refractivity contribution >= 4 is 0 Å². The Morgan fingerprint density at radius 2 is 2.17 bits per heavy atom. The lowest BCUT2D eigenvalue weighted by molar-refractivity contribution is 0.115. The topological polar surface area (TPSA) is 35.2 Å². The predicted molar refractivity (Wildman–Crippen MR) is 69.3 cm³/mol. The third kappa shape index (κ3) is 4.48. The van der Waals surface area contributed by atoms with E-state index in [1.165, 1.54) is 25.0 Å². The number of hydrogen-bond acceptors (Lipinski definition) is 2. The molecule has 1 aliphatic rings. The van der Waals surface area contributed by atoms with Crippen LogP contribution in [0.15, 0.2) is 18.2 Å². The lowest BCUT2D eigenvalue weighted by Crippen LogP contribution is -1.98. The summed E-state index contributed by atoms with van der Waals surface area (Å²) in [7, 11) is 0. The SMILES string of the molecule is NCC#Cc1cc(F)cc(COCCC2CC2)c1. The first-order chi connectivity index (χ1) is 8.78. The quantitative estimate of drug-likeness (QED) is 0.640. The second-order valence-corrected chi connectivity index (χ2v) is 4.64. The molecular formula is C15H18FNO. The zero-order chi connectivity index (χ0) is 12.8. The summed E-state index contributed by atoms with van der Waals surface area (Å²) < 4.78 is 18.9. The first-order valence-electron chi connectivity index (χ1n) is 6.34. The molecule has 0 spiro atoms. The molecule has 1 aromatic rings. The van der Waals surface area contributed by atoms with Crippen LogP contribution in [0.25, 0.3) is 0 Å². The Kier molecular flexibility index (Phi) is 4.74. The molecule has 1 aliphatic carbocycles. The Balaban J connectivity index is 1.87. The fourth-order valence-corrected chi connectivity index (χ4v) is 1.81. The Hall–Kier alpha value is -1.37. The monoisotopic (exact) mass is 247 g/mol. The number of ether oxygens (including phenoxy) is 1. The van der Waals surface area contributed by atoms with Crippen LogP contribution in [0.5, 0.6) is 0 Å². The fraction of sp³-hybridized carbons (Fsp3) is 0.467. The van der Waals surface area contributed by atoms with Crippen LogP contribution in [0, 0.1) is 23.6 Å². The van der Waals surface area contributed by atoms with Gasteiger partial charge in [-0.2, -0.15) is 0 Å². The van der Waals surface area contributed by atoms with E-state index >= 15 is 0 Å². The number of hydrogen-bond donors (Lipinski definition) is 1. The van der Waals surface area contributed by atoms with E-state index < -0.39 is 0 Å². The van der Waals surface area contributed by atoms with E-state index in [2.05, 4.69) is 11.8 Å². The minimum absolute atomic E-state index is 0.278. The lowest BCUT2D eigenvalue weighted by atomic mass is 10.1. The predicted octanol–water partition coefficient (Wildman–Crippen LogP) is 2.45. The summed E-state index contributed by atoms with van der Waals surface area (Å²) in [5.74, 6) is 6.14. The summed E-state index contributed by atoms with van der Waals surface area (Å²) in [6.45, 7) is 1.48. The van der Waals surface area contributed by atoms with Gasteiger partial charge in [-0.3, -0.25) is 0 Å². The number of nitrogens with two attached hydrogens (primary N) is 1. The zero-order valence-electron chi connectivity index (χ0n) is 10.4. The van der Waals surface area contributed by atoms with Crippen molar-refractivity contribution in [2.24, 2.45) is 11.7 Å². The van der Waals surface area contributed by atoms with Gasteiger partial charge < -0.3 is 10.5 Å². The Labute approximate surface area is 107 Å². The van der Waals surface area contributed by atoms with Gasteiger partial charge in [-0.25, -0.2) is 4.39 Å². The maximum absolute atomic E-state index is 13.3. The molecule has 0 aliphatic heterocycles. The molecule has 0 radical (unpaired) electrons. The summed E-state index contributed by atoms with van der Waals surface area (Å²) in [4.78, 5) is 0. The number of benzene rings is 1. The molecule has 0 heterocycles. The second kappa shape index (κ2) is 6.53. The Morgan fingerprint density at radius 3 is 2.89 bits per heavy atom. The summed E-state index contributed by atoms with van der Waals surface area (Å²) >= 11 is 0. The molecule has 1 saturated carbocycles. The summed E-state index contributed by atoms with van der Waals surface area (Å²) in [5, 5.41) is 0. The third-order valence-corrected chi connectivity index (χ3v) is 2.93. The average Bonchev–Trinajstić information content (AvgIpc) is 3.15. The molecule has 1 aromatic carbocycles. The van der Waals surface area contributed by atoms with Gasteiger partial charge in [-0.05, 0) is 36.1 Å². The van der Waals surface area contributed by atoms with Gasteiger partial charge in [0, 0.05) is 12.2 Å². The van der Waals surface area contributed by atoms with E-state index in [-0.39, 0.29) is 12.4 Å². The van der Waals surface area contributed by atoms with Crippen molar-refractivity contribution in [2.75, 3.05) is 13.2 Å². The maximum Gasteiger partial charge on any atom is 0.124 e. The van der Waals surface area contributed by atoms with E-state index in [0.29, 0.717) is 12.2 Å². The molecule has 2 nitrogen and oxygen atoms in total. The first kappa shape index (κ1) is 13.1. The fourth-order valence-electron chi connectivity index (χ4n) is 1.81. The van der Waals surface area contributed by atoms with Crippen molar-refractivity contribution in [1.29, 1.82) is 0 Å². The van der Waals surface area contributed by atoms with Crippen molar-refractivity contribution < 1.29 is 9.13 Å². The second-order valence-electron chi connectivity index (χ2n) is 4.64. The van der Waals surface area contributed by atoms with Crippen molar-refractivity contribution in [1.82, 2.24) is 0 Å². The highest BCUT2D eigenvalue weighted by Gasteiger charge is 2.20. The minimum atomic E-state index is -0.278. The van der Waals surface area contributed by atoms with Crippen LogP contribution < -0.4 is 5.73 Å². The molecule has 0 atom stereocenters. The van der Waals surface area contributed by atoms with Gasteiger partial charge in [0.2, 0.25) is 0 Å². The van der Waals surface area contributed by atoms with Gasteiger partial charge in [0.25, 0.3) is 0 Å². The first-order valence-corrected chi connectivity index (χ1v) is 6.34. The van der Waals surface area contributed by atoms with Gasteiger partial charge in [0.05, 0.1) is 13.2 Å². The highest BCUT2D eigenvalue weighted by molar-refractivity contribution is 5.37. The molecule has 0 unspecified atom stereocenters. The van der Waals surface area contributed by atoms with Crippen LogP contribution in [-0.4, -0.2) is 13.2 Å². The maximum atomic E-state index is 13.3. The van der Waals surface area contributed by atoms with E-state index in [1.54, 1.807) is 0 Å². The van der Waals surface area contributed by atoms with Crippen molar-refractivity contribution in [3.05, 3.63) is 35.1 Å². The smallest absolute Gasteiger partial charge is 0.124 e. The minimum Gasteiger partial charge on any atom is -0.377 e. The normalized spacial score (nSPS) is 14.1. The van der Waals surface area contributed by atoms with Crippen LogP contribution >= 0.6 is 0 Å². The molecule has 2 rings (SSSR count). The van der Waals surface area contributed by atoms with Gasteiger partial charge in [-0.15, -0.1) is 0 Å². The van der Waals surface area contributed by atoms with Crippen molar-refractivity contribution in [3.8, 4) is 11.8 Å². The molecule has 0 saturated heterocycles. The van der Waals surface area contributed by atoms with Crippen LogP contribution in [0.4, 0.5) is 4.39 Å². The van der Waals surface area contributed by atoms with Crippen LogP contribution in [0.3, 0.4) is 0 Å². The van der Waals surface area contributed by atoms with E-state index in [9.17, 15) is 4.39 Å². The van der Waals surface area contributed by atoms with Crippen LogP contribution in [0.1, 0.15) is 30.4 Å². The largest absolute Gasteiger partial charge is 0.377 e. The summed E-state index contributed by atoms with van der Waals surface area (Å²) in [6, 6.07) is 4.75. The van der Waals surface area contributed by atoms with Gasteiger partial charge >= 0.3 is 0 Å². The lowest BCUT2D eigenvalue weighted by Gasteiger charge is -2.05. The van der Waals surface area contributed by atoms with Crippen LogP contribution in [-0.2, 0) is 11.3 Å². The number of rotatable bonds is 5. The molecule has 0 aromatic heterocycles. The molecule has 0 bridgehead atoms. The van der Waals surface area contributed by atoms with Gasteiger partial charge in [0.15, 0.2) is 0 Å². The molecular weight excluding hydrogens is 229 g/mol. The van der Waals surface area contributed by atoms with Crippen molar-refractivity contribution in [3.63, 3.8) is 0 Å². The molecule has 3 heteroatoms. The van der Waals surface area contributed by atoms with Crippen LogP contribution in [0.2, 0.25) is 0 Å².